The topological polar surface area (TPSA) is 101 Å². The van der Waals surface area contributed by atoms with Crippen molar-refractivity contribution >= 4 is 17.6 Å². The highest BCUT2D eigenvalue weighted by atomic mass is 16.6. The Kier molecular flexibility index (Phi) is 5.31. The molecule has 1 atom stereocenters. The molecule has 1 aromatic rings. The van der Waals surface area contributed by atoms with E-state index in [4.69, 9.17) is 0 Å². The molecular weight excluding hydrogens is 300 g/mol. The van der Waals surface area contributed by atoms with Crippen molar-refractivity contribution in [1.29, 1.82) is 0 Å². The zero-order chi connectivity index (χ0) is 17.0. The highest BCUT2D eigenvalue weighted by Crippen LogP contribution is 2.25. The average molecular weight is 320 g/mol. The molecule has 0 aromatic heterocycles. The van der Waals surface area contributed by atoms with Gasteiger partial charge in [-0.25, -0.2) is 0 Å². The second-order valence-electron chi connectivity index (χ2n) is 6.01. The second-order valence-corrected chi connectivity index (χ2v) is 6.01. The third-order valence-electron chi connectivity index (χ3n) is 4.32. The summed E-state index contributed by atoms with van der Waals surface area (Å²) in [4.78, 5) is 35.6. The van der Waals surface area contributed by atoms with E-state index in [0.717, 1.165) is 12.8 Å². The summed E-state index contributed by atoms with van der Waals surface area (Å²) in [5, 5.41) is 20.0. The van der Waals surface area contributed by atoms with Gasteiger partial charge >= 0.3 is 5.97 Å². The first-order valence-electron chi connectivity index (χ1n) is 7.63. The van der Waals surface area contributed by atoms with Crippen LogP contribution in [0.25, 0.3) is 0 Å². The number of nitro benzene ring substituents is 1. The maximum absolute atomic E-state index is 12.3. The summed E-state index contributed by atoms with van der Waals surface area (Å²) in [7, 11) is 0. The van der Waals surface area contributed by atoms with Crippen LogP contribution in [-0.2, 0) is 9.59 Å². The van der Waals surface area contributed by atoms with Crippen LogP contribution in [0.15, 0.2) is 24.3 Å². The molecule has 0 aliphatic carbocycles. The fourth-order valence-corrected chi connectivity index (χ4v) is 2.74. The lowest BCUT2D eigenvalue weighted by Crippen LogP contribution is -2.39. The minimum Gasteiger partial charge on any atom is -0.481 e. The van der Waals surface area contributed by atoms with Gasteiger partial charge in [-0.05, 0) is 24.3 Å². The molecule has 1 fully saturated rings. The Balaban J connectivity index is 2.08. The fourth-order valence-electron chi connectivity index (χ4n) is 2.74. The molecule has 1 aromatic carbocycles. The molecule has 0 radical (unpaired) electrons. The second kappa shape index (κ2) is 7.21. The Labute approximate surface area is 134 Å². The number of rotatable bonds is 5. The van der Waals surface area contributed by atoms with Gasteiger partial charge in [0.05, 0.1) is 10.8 Å². The predicted molar refractivity (Wildman–Crippen MR) is 83.1 cm³/mol. The molecule has 7 heteroatoms. The van der Waals surface area contributed by atoms with Crippen LogP contribution in [0.3, 0.4) is 0 Å². The van der Waals surface area contributed by atoms with Crippen molar-refractivity contribution in [3.63, 3.8) is 0 Å². The number of piperidine rings is 1. The number of amides is 1. The number of benzene rings is 1. The van der Waals surface area contributed by atoms with Gasteiger partial charge in [-0.3, -0.25) is 19.7 Å². The van der Waals surface area contributed by atoms with Crippen LogP contribution in [0, 0.1) is 16.0 Å². The lowest BCUT2D eigenvalue weighted by Gasteiger charge is -2.31. The summed E-state index contributed by atoms with van der Waals surface area (Å²) in [5.41, 5.74) is 0.302. The van der Waals surface area contributed by atoms with E-state index in [-0.39, 0.29) is 18.0 Å². The maximum Gasteiger partial charge on any atom is 0.311 e. The standard InChI is InChI=1S/C16H20N2O5/c1-11-6-8-17(9-7-11)15(19)10-14(16(20)21)12-2-4-13(5-3-12)18(22)23/h2-5,11,14H,6-10H2,1H3,(H,20,21). The van der Waals surface area contributed by atoms with Gasteiger partial charge in [0, 0.05) is 31.6 Å². The number of carbonyl (C=O) groups excluding carboxylic acids is 1. The van der Waals surface area contributed by atoms with Gasteiger partial charge in [0.1, 0.15) is 0 Å². The van der Waals surface area contributed by atoms with E-state index >= 15 is 0 Å². The molecule has 124 valence electrons. The third-order valence-corrected chi connectivity index (χ3v) is 4.32. The Morgan fingerprint density at radius 2 is 1.87 bits per heavy atom. The number of hydrogen-bond donors (Lipinski definition) is 1. The molecule has 23 heavy (non-hydrogen) atoms. The number of nitrogens with zero attached hydrogens (tertiary/aromatic N) is 2. The van der Waals surface area contributed by atoms with Gasteiger partial charge in [-0.2, -0.15) is 0 Å². The van der Waals surface area contributed by atoms with E-state index in [1.54, 1.807) is 4.90 Å². The number of nitro groups is 1. The zero-order valence-electron chi connectivity index (χ0n) is 13.0. The van der Waals surface area contributed by atoms with E-state index < -0.39 is 16.8 Å². The Morgan fingerprint density at radius 1 is 1.30 bits per heavy atom. The van der Waals surface area contributed by atoms with Crippen molar-refractivity contribution in [2.24, 2.45) is 5.92 Å². The fraction of sp³-hybridized carbons (Fsp3) is 0.500. The van der Waals surface area contributed by atoms with E-state index in [9.17, 15) is 24.8 Å². The Hall–Kier alpha value is -2.44. The first kappa shape index (κ1) is 16.9. The van der Waals surface area contributed by atoms with Crippen LogP contribution in [0.1, 0.15) is 37.7 Å². The molecule has 7 nitrogen and oxygen atoms in total. The molecule has 0 spiro atoms. The largest absolute Gasteiger partial charge is 0.481 e. The van der Waals surface area contributed by atoms with Crippen molar-refractivity contribution in [2.75, 3.05) is 13.1 Å². The molecule has 0 bridgehead atoms. The SMILES string of the molecule is CC1CCN(C(=O)CC(C(=O)O)c2ccc([N+](=O)[O-])cc2)CC1. The van der Waals surface area contributed by atoms with Crippen LogP contribution in [0.5, 0.6) is 0 Å². The number of hydrogen-bond acceptors (Lipinski definition) is 4. The normalized spacial score (nSPS) is 16.8. The van der Waals surface area contributed by atoms with Gasteiger partial charge in [0.25, 0.3) is 5.69 Å². The molecule has 1 unspecified atom stereocenters. The predicted octanol–water partition coefficient (Wildman–Crippen LogP) is 2.41. The van der Waals surface area contributed by atoms with Crippen LogP contribution in [0.2, 0.25) is 0 Å². The van der Waals surface area contributed by atoms with Crippen LogP contribution < -0.4 is 0 Å². The van der Waals surface area contributed by atoms with Crippen molar-refractivity contribution in [3.05, 3.63) is 39.9 Å². The minimum absolute atomic E-state index is 0.103. The number of non-ortho nitro benzene ring substituents is 1. The van der Waals surface area contributed by atoms with Gasteiger partial charge in [0.15, 0.2) is 0 Å². The van der Waals surface area contributed by atoms with Crippen LogP contribution >= 0.6 is 0 Å². The first-order valence-corrected chi connectivity index (χ1v) is 7.63. The number of likely N-dealkylation sites (tertiary alicyclic amines) is 1. The third kappa shape index (κ3) is 4.28. The highest BCUT2D eigenvalue weighted by Gasteiger charge is 2.28. The van der Waals surface area contributed by atoms with E-state index in [0.29, 0.717) is 24.6 Å². The quantitative estimate of drug-likeness (QED) is 0.663. The summed E-state index contributed by atoms with van der Waals surface area (Å²) < 4.78 is 0. The van der Waals surface area contributed by atoms with Crippen molar-refractivity contribution in [1.82, 2.24) is 4.90 Å². The van der Waals surface area contributed by atoms with Crippen LogP contribution in [0.4, 0.5) is 5.69 Å². The van der Waals surface area contributed by atoms with E-state index in [1.165, 1.54) is 24.3 Å². The summed E-state index contributed by atoms with van der Waals surface area (Å²) in [5.74, 6) is -1.67. The van der Waals surface area contributed by atoms with Crippen LogP contribution in [-0.4, -0.2) is 39.9 Å². The lowest BCUT2D eigenvalue weighted by molar-refractivity contribution is -0.384. The van der Waals surface area contributed by atoms with Gasteiger partial charge in [0.2, 0.25) is 5.91 Å². The zero-order valence-corrected chi connectivity index (χ0v) is 13.0. The number of carboxylic acid groups (broad SMARTS) is 1. The van der Waals surface area contributed by atoms with Crippen molar-refractivity contribution in [3.8, 4) is 0 Å². The Morgan fingerprint density at radius 3 is 2.35 bits per heavy atom. The Bertz CT molecular complexity index is 591. The van der Waals surface area contributed by atoms with Crippen molar-refractivity contribution < 1.29 is 19.6 Å². The minimum atomic E-state index is -1.10. The number of carboxylic acids is 1. The van der Waals surface area contributed by atoms with E-state index in [1.807, 2.05) is 0 Å². The molecule has 1 saturated heterocycles. The molecule has 1 amide bonds. The molecule has 1 aliphatic heterocycles. The lowest BCUT2D eigenvalue weighted by atomic mass is 9.93. The summed E-state index contributed by atoms with van der Waals surface area (Å²) in [6, 6.07) is 5.33. The average Bonchev–Trinajstić information content (AvgIpc) is 2.53. The summed E-state index contributed by atoms with van der Waals surface area (Å²) in [6.07, 6.45) is 1.74. The maximum atomic E-state index is 12.3. The summed E-state index contributed by atoms with van der Waals surface area (Å²) >= 11 is 0. The summed E-state index contributed by atoms with van der Waals surface area (Å²) in [6.45, 7) is 3.46. The van der Waals surface area contributed by atoms with Crippen molar-refractivity contribution in [2.45, 2.75) is 32.1 Å². The smallest absolute Gasteiger partial charge is 0.311 e. The molecule has 1 aliphatic rings. The number of carbonyl (C=O) groups is 2. The number of aliphatic carboxylic acids is 1. The van der Waals surface area contributed by atoms with E-state index in [2.05, 4.69) is 6.92 Å². The first-order chi connectivity index (χ1) is 10.9. The molecule has 0 saturated carbocycles. The van der Waals surface area contributed by atoms with Gasteiger partial charge in [-0.15, -0.1) is 0 Å². The van der Waals surface area contributed by atoms with Gasteiger partial charge < -0.3 is 10.0 Å². The van der Waals surface area contributed by atoms with Gasteiger partial charge in [-0.1, -0.05) is 19.1 Å². The molecule has 1 heterocycles. The monoisotopic (exact) mass is 320 g/mol. The highest BCUT2D eigenvalue weighted by molar-refractivity contribution is 5.85. The molecule has 2 rings (SSSR count). The molecular formula is C16H20N2O5. The molecule has 1 N–H and O–H groups in total.